The Kier molecular flexibility index (Phi) is 6.21. The molecular weight excluding hydrogens is 418 g/mol. The van der Waals surface area contributed by atoms with Gasteiger partial charge in [-0.15, -0.1) is 0 Å². The number of carboxylic acid groups (broad SMARTS) is 1. The lowest BCUT2D eigenvalue weighted by molar-refractivity contribution is 0.0696. The molecule has 1 aliphatic carbocycles. The van der Waals surface area contributed by atoms with E-state index >= 15 is 0 Å². The van der Waals surface area contributed by atoms with Crippen molar-refractivity contribution in [3.05, 3.63) is 118 Å². The van der Waals surface area contributed by atoms with E-state index < -0.39 is 5.97 Å². The maximum atomic E-state index is 11.8. The van der Waals surface area contributed by atoms with Crippen molar-refractivity contribution in [3.8, 4) is 0 Å². The van der Waals surface area contributed by atoms with Crippen LogP contribution >= 0.6 is 0 Å². The van der Waals surface area contributed by atoms with E-state index in [1.54, 1.807) is 6.07 Å². The van der Waals surface area contributed by atoms with E-state index in [1.807, 2.05) is 13.0 Å². The Morgan fingerprint density at radius 2 is 1.65 bits per heavy atom. The third-order valence-corrected chi connectivity index (χ3v) is 7.49. The van der Waals surface area contributed by atoms with E-state index in [2.05, 4.69) is 85.0 Å². The van der Waals surface area contributed by atoms with Gasteiger partial charge in [-0.05, 0) is 83.8 Å². The second kappa shape index (κ2) is 9.44. The highest BCUT2D eigenvalue weighted by molar-refractivity contribution is 5.89. The van der Waals surface area contributed by atoms with Gasteiger partial charge in [-0.1, -0.05) is 78.9 Å². The van der Waals surface area contributed by atoms with E-state index in [4.69, 9.17) is 0 Å². The first-order chi connectivity index (χ1) is 16.5. The molecule has 0 saturated carbocycles. The number of fused-ring (bicyclic) bond motifs is 2. The molecule has 0 aromatic heterocycles. The van der Waals surface area contributed by atoms with Crippen molar-refractivity contribution in [2.24, 2.45) is 5.92 Å². The SMILES string of the molecule is Cc1c(C(=O)O)cccc1C1CC(CN[C@H](C)c2cccc3ccccc23)Cc2ccccc21. The smallest absolute Gasteiger partial charge is 0.335 e. The number of benzene rings is 4. The molecule has 3 heteroatoms. The summed E-state index contributed by atoms with van der Waals surface area (Å²) >= 11 is 0. The van der Waals surface area contributed by atoms with Crippen LogP contribution in [0.2, 0.25) is 0 Å². The van der Waals surface area contributed by atoms with Crippen LogP contribution in [0.4, 0.5) is 0 Å². The topological polar surface area (TPSA) is 49.3 Å². The Morgan fingerprint density at radius 1 is 0.941 bits per heavy atom. The van der Waals surface area contributed by atoms with Crippen LogP contribution in [-0.2, 0) is 6.42 Å². The molecule has 0 aliphatic heterocycles. The Labute approximate surface area is 201 Å². The summed E-state index contributed by atoms with van der Waals surface area (Å²) in [5.74, 6) is -0.167. The molecule has 0 fully saturated rings. The van der Waals surface area contributed by atoms with Crippen molar-refractivity contribution < 1.29 is 9.90 Å². The molecule has 0 radical (unpaired) electrons. The average Bonchev–Trinajstić information content (AvgIpc) is 2.86. The molecule has 0 bridgehead atoms. The van der Waals surface area contributed by atoms with Crippen LogP contribution < -0.4 is 5.32 Å². The lowest BCUT2D eigenvalue weighted by Gasteiger charge is -2.34. The number of carbonyl (C=O) groups is 1. The lowest BCUT2D eigenvalue weighted by atomic mass is 9.72. The highest BCUT2D eigenvalue weighted by Crippen LogP contribution is 2.41. The zero-order valence-electron chi connectivity index (χ0n) is 19.8. The molecule has 4 aromatic rings. The largest absolute Gasteiger partial charge is 0.478 e. The van der Waals surface area contributed by atoms with Gasteiger partial charge in [0.15, 0.2) is 0 Å². The summed E-state index contributed by atoms with van der Waals surface area (Å²) in [5, 5.41) is 16.0. The number of aromatic carboxylic acids is 1. The minimum atomic E-state index is -0.856. The second-order valence-electron chi connectivity index (χ2n) is 9.58. The number of hydrogen-bond acceptors (Lipinski definition) is 2. The van der Waals surface area contributed by atoms with E-state index in [9.17, 15) is 9.90 Å². The fourth-order valence-corrected chi connectivity index (χ4v) is 5.71. The molecule has 0 spiro atoms. The van der Waals surface area contributed by atoms with Crippen LogP contribution in [0.25, 0.3) is 10.8 Å². The Bertz CT molecular complexity index is 1340. The molecular formula is C31H31NO2. The standard InChI is InChI=1S/C31H31NO2/c1-20-25(14-8-15-26(20)31(33)34)30-18-22(17-24-10-4-6-13-29(24)30)19-32-21(2)27-16-7-11-23-9-3-5-12-28(23)27/h3-16,21-22,30,32H,17-19H2,1-2H3,(H,33,34)/t21-,22?,30?/m1/s1. The van der Waals surface area contributed by atoms with Gasteiger partial charge in [-0.2, -0.15) is 0 Å². The van der Waals surface area contributed by atoms with Crippen LogP contribution in [0.5, 0.6) is 0 Å². The number of rotatable bonds is 6. The normalized spacial score (nSPS) is 18.4. The minimum absolute atomic E-state index is 0.212. The van der Waals surface area contributed by atoms with E-state index in [0.29, 0.717) is 11.5 Å². The molecule has 3 nitrogen and oxygen atoms in total. The zero-order chi connectivity index (χ0) is 23.7. The van der Waals surface area contributed by atoms with E-state index in [1.165, 1.54) is 27.5 Å². The summed E-state index contributed by atoms with van der Waals surface area (Å²) in [6.07, 6.45) is 2.05. The number of hydrogen-bond donors (Lipinski definition) is 2. The number of nitrogens with one attached hydrogen (secondary N) is 1. The lowest BCUT2D eigenvalue weighted by Crippen LogP contribution is -2.31. The summed E-state index contributed by atoms with van der Waals surface area (Å²) < 4.78 is 0. The molecule has 0 saturated heterocycles. The van der Waals surface area contributed by atoms with Gasteiger partial charge in [0.2, 0.25) is 0 Å². The summed E-state index contributed by atoms with van der Waals surface area (Å²) in [5.41, 5.74) is 6.47. The van der Waals surface area contributed by atoms with Crippen LogP contribution in [0.15, 0.2) is 84.9 Å². The van der Waals surface area contributed by atoms with Crippen LogP contribution in [-0.4, -0.2) is 17.6 Å². The Morgan fingerprint density at radius 3 is 2.50 bits per heavy atom. The molecule has 34 heavy (non-hydrogen) atoms. The molecule has 2 N–H and O–H groups in total. The van der Waals surface area contributed by atoms with E-state index in [0.717, 1.165) is 30.5 Å². The molecule has 4 aromatic carbocycles. The molecule has 0 heterocycles. The minimum Gasteiger partial charge on any atom is -0.478 e. The summed E-state index contributed by atoms with van der Waals surface area (Å²) in [7, 11) is 0. The van der Waals surface area contributed by atoms with E-state index in [-0.39, 0.29) is 12.0 Å². The summed E-state index contributed by atoms with van der Waals surface area (Å²) in [4.78, 5) is 11.8. The fourth-order valence-electron chi connectivity index (χ4n) is 5.71. The first-order valence-electron chi connectivity index (χ1n) is 12.1. The van der Waals surface area contributed by atoms with Gasteiger partial charge in [-0.25, -0.2) is 4.79 Å². The highest BCUT2D eigenvalue weighted by Gasteiger charge is 2.30. The molecule has 2 unspecified atom stereocenters. The van der Waals surface area contributed by atoms with Gasteiger partial charge in [0.25, 0.3) is 0 Å². The first kappa shape index (κ1) is 22.4. The predicted octanol–water partition coefficient (Wildman–Crippen LogP) is 6.89. The van der Waals surface area contributed by atoms with Gasteiger partial charge in [0.05, 0.1) is 5.56 Å². The maximum Gasteiger partial charge on any atom is 0.335 e. The zero-order valence-corrected chi connectivity index (χ0v) is 19.8. The number of carboxylic acids is 1. The molecule has 0 amide bonds. The first-order valence-corrected chi connectivity index (χ1v) is 12.1. The highest BCUT2D eigenvalue weighted by atomic mass is 16.4. The van der Waals surface area contributed by atoms with Crippen LogP contribution in [0, 0.1) is 12.8 Å². The Balaban J connectivity index is 1.40. The average molecular weight is 450 g/mol. The summed E-state index contributed by atoms with van der Waals surface area (Å²) in [6.45, 7) is 5.12. The Hall–Kier alpha value is -3.43. The predicted molar refractivity (Wildman–Crippen MR) is 139 cm³/mol. The van der Waals surface area contributed by atoms with Gasteiger partial charge in [0.1, 0.15) is 0 Å². The molecule has 3 atom stereocenters. The van der Waals surface area contributed by atoms with Crippen LogP contribution in [0.1, 0.15) is 63.5 Å². The monoisotopic (exact) mass is 449 g/mol. The van der Waals surface area contributed by atoms with Gasteiger partial charge in [-0.3, -0.25) is 0 Å². The maximum absolute atomic E-state index is 11.8. The fraction of sp³-hybridized carbons (Fsp3) is 0.258. The van der Waals surface area contributed by atoms with Crippen molar-refractivity contribution in [1.29, 1.82) is 0 Å². The summed E-state index contributed by atoms with van der Waals surface area (Å²) in [6, 6.07) is 29.7. The van der Waals surface area contributed by atoms with Crippen molar-refractivity contribution >= 4 is 16.7 Å². The quantitative estimate of drug-likeness (QED) is 0.337. The van der Waals surface area contributed by atoms with Crippen molar-refractivity contribution in [3.63, 3.8) is 0 Å². The van der Waals surface area contributed by atoms with Gasteiger partial charge >= 0.3 is 5.97 Å². The molecule has 5 rings (SSSR count). The van der Waals surface area contributed by atoms with Crippen LogP contribution in [0.3, 0.4) is 0 Å². The van der Waals surface area contributed by atoms with Crippen molar-refractivity contribution in [1.82, 2.24) is 5.32 Å². The second-order valence-corrected chi connectivity index (χ2v) is 9.58. The third kappa shape index (κ3) is 4.24. The molecule has 172 valence electrons. The van der Waals surface area contributed by atoms with Crippen molar-refractivity contribution in [2.45, 2.75) is 38.6 Å². The van der Waals surface area contributed by atoms with Gasteiger partial charge < -0.3 is 10.4 Å². The van der Waals surface area contributed by atoms with Gasteiger partial charge in [0, 0.05) is 12.0 Å². The molecule has 1 aliphatic rings. The van der Waals surface area contributed by atoms with Crippen molar-refractivity contribution in [2.75, 3.05) is 6.54 Å². The third-order valence-electron chi connectivity index (χ3n) is 7.49.